The molecule has 0 aromatic heterocycles. The SMILES string of the molecule is CC(C(=O)O)C(C)C(=O)N(CCCO)C1CCC1. The molecule has 2 atom stereocenters. The molecular weight excluding hydrogens is 234 g/mol. The highest BCUT2D eigenvalue weighted by atomic mass is 16.4. The van der Waals surface area contributed by atoms with Crippen molar-refractivity contribution in [2.75, 3.05) is 13.2 Å². The fourth-order valence-corrected chi connectivity index (χ4v) is 2.10. The Bertz CT molecular complexity index is 301. The molecule has 0 aromatic carbocycles. The predicted octanol–water partition coefficient (Wildman–Crippen LogP) is 1.11. The molecule has 5 nitrogen and oxygen atoms in total. The molecule has 0 bridgehead atoms. The fourth-order valence-electron chi connectivity index (χ4n) is 2.10. The second kappa shape index (κ2) is 6.73. The lowest BCUT2D eigenvalue weighted by atomic mass is 9.88. The van der Waals surface area contributed by atoms with Gasteiger partial charge in [0.05, 0.1) is 5.92 Å². The molecule has 2 N–H and O–H groups in total. The van der Waals surface area contributed by atoms with Crippen LogP contribution in [-0.4, -0.2) is 46.2 Å². The zero-order chi connectivity index (χ0) is 13.7. The normalized spacial score (nSPS) is 18.8. The van der Waals surface area contributed by atoms with Crippen LogP contribution in [0.2, 0.25) is 0 Å². The predicted molar refractivity (Wildman–Crippen MR) is 67.0 cm³/mol. The summed E-state index contributed by atoms with van der Waals surface area (Å²) < 4.78 is 0. The lowest BCUT2D eigenvalue weighted by Crippen LogP contribution is -2.48. The summed E-state index contributed by atoms with van der Waals surface area (Å²) in [5, 5.41) is 17.8. The zero-order valence-electron chi connectivity index (χ0n) is 11.1. The van der Waals surface area contributed by atoms with Gasteiger partial charge in [-0.3, -0.25) is 9.59 Å². The van der Waals surface area contributed by atoms with E-state index in [0.29, 0.717) is 13.0 Å². The number of nitrogens with zero attached hydrogens (tertiary/aromatic N) is 1. The maximum Gasteiger partial charge on any atom is 0.307 e. The largest absolute Gasteiger partial charge is 0.481 e. The monoisotopic (exact) mass is 257 g/mol. The van der Waals surface area contributed by atoms with Crippen molar-refractivity contribution >= 4 is 11.9 Å². The first-order valence-electron chi connectivity index (χ1n) is 6.63. The van der Waals surface area contributed by atoms with E-state index in [1.54, 1.807) is 18.7 Å². The van der Waals surface area contributed by atoms with Crippen molar-refractivity contribution in [3.05, 3.63) is 0 Å². The molecule has 0 saturated heterocycles. The molecule has 5 heteroatoms. The number of aliphatic hydroxyl groups is 1. The van der Waals surface area contributed by atoms with Crippen LogP contribution in [0.25, 0.3) is 0 Å². The lowest BCUT2D eigenvalue weighted by molar-refractivity contribution is -0.151. The number of carboxylic acid groups (broad SMARTS) is 1. The third kappa shape index (κ3) is 3.45. The van der Waals surface area contributed by atoms with Crippen LogP contribution >= 0.6 is 0 Å². The van der Waals surface area contributed by atoms with Gasteiger partial charge in [0.2, 0.25) is 5.91 Å². The summed E-state index contributed by atoms with van der Waals surface area (Å²) in [6.07, 6.45) is 3.66. The van der Waals surface area contributed by atoms with Crippen LogP contribution in [0.5, 0.6) is 0 Å². The van der Waals surface area contributed by atoms with E-state index in [1.165, 1.54) is 0 Å². The summed E-state index contributed by atoms with van der Waals surface area (Å²) in [7, 11) is 0. The Morgan fingerprint density at radius 1 is 1.28 bits per heavy atom. The molecule has 1 aliphatic rings. The van der Waals surface area contributed by atoms with Crippen molar-refractivity contribution in [3.63, 3.8) is 0 Å². The van der Waals surface area contributed by atoms with Crippen molar-refractivity contribution in [2.45, 2.75) is 45.6 Å². The minimum atomic E-state index is -0.938. The Balaban J connectivity index is 2.65. The number of rotatable bonds is 7. The van der Waals surface area contributed by atoms with Crippen LogP contribution in [-0.2, 0) is 9.59 Å². The number of carbonyl (C=O) groups excluding carboxylic acids is 1. The second-order valence-electron chi connectivity index (χ2n) is 5.11. The van der Waals surface area contributed by atoms with Crippen LogP contribution < -0.4 is 0 Å². The molecule has 1 rings (SSSR count). The first-order chi connectivity index (χ1) is 8.49. The van der Waals surface area contributed by atoms with Gasteiger partial charge in [0, 0.05) is 25.1 Å². The van der Waals surface area contributed by atoms with Crippen LogP contribution in [0.1, 0.15) is 39.5 Å². The van der Waals surface area contributed by atoms with E-state index < -0.39 is 17.8 Å². The first-order valence-corrected chi connectivity index (χ1v) is 6.63. The van der Waals surface area contributed by atoms with Crippen LogP contribution in [0, 0.1) is 11.8 Å². The molecule has 0 aliphatic heterocycles. The molecule has 1 saturated carbocycles. The molecular formula is C13H23NO4. The van der Waals surface area contributed by atoms with E-state index in [4.69, 9.17) is 10.2 Å². The van der Waals surface area contributed by atoms with Gasteiger partial charge in [0.15, 0.2) is 0 Å². The minimum absolute atomic E-state index is 0.0549. The summed E-state index contributed by atoms with van der Waals surface area (Å²) in [4.78, 5) is 25.0. The van der Waals surface area contributed by atoms with Gasteiger partial charge >= 0.3 is 5.97 Å². The van der Waals surface area contributed by atoms with Crippen molar-refractivity contribution < 1.29 is 19.8 Å². The number of carboxylic acids is 1. The summed E-state index contributed by atoms with van der Waals surface area (Å²) >= 11 is 0. The number of hydrogen-bond acceptors (Lipinski definition) is 3. The Hall–Kier alpha value is -1.10. The molecule has 0 radical (unpaired) electrons. The number of aliphatic carboxylic acids is 1. The second-order valence-corrected chi connectivity index (χ2v) is 5.11. The quantitative estimate of drug-likeness (QED) is 0.716. The Morgan fingerprint density at radius 3 is 2.28 bits per heavy atom. The van der Waals surface area contributed by atoms with E-state index in [9.17, 15) is 9.59 Å². The highest BCUT2D eigenvalue weighted by molar-refractivity contribution is 5.84. The van der Waals surface area contributed by atoms with Gasteiger partial charge in [-0.15, -0.1) is 0 Å². The molecule has 0 spiro atoms. The molecule has 18 heavy (non-hydrogen) atoms. The third-order valence-electron chi connectivity index (χ3n) is 3.88. The van der Waals surface area contributed by atoms with E-state index in [-0.39, 0.29) is 18.6 Å². The number of amides is 1. The topological polar surface area (TPSA) is 77.8 Å². The number of hydrogen-bond donors (Lipinski definition) is 2. The standard InChI is InChI=1S/C13H23NO4/c1-9(10(2)13(17)18)12(16)14(7-4-8-15)11-5-3-6-11/h9-11,15H,3-8H2,1-2H3,(H,17,18). The molecule has 1 fully saturated rings. The fraction of sp³-hybridized carbons (Fsp3) is 0.846. The molecule has 0 aromatic rings. The first kappa shape index (κ1) is 15.0. The highest BCUT2D eigenvalue weighted by Crippen LogP contribution is 2.27. The van der Waals surface area contributed by atoms with E-state index in [2.05, 4.69) is 0 Å². The van der Waals surface area contributed by atoms with E-state index in [1.807, 2.05) is 0 Å². The maximum atomic E-state index is 12.3. The molecule has 2 unspecified atom stereocenters. The summed E-state index contributed by atoms with van der Waals surface area (Å²) in [5.41, 5.74) is 0. The smallest absolute Gasteiger partial charge is 0.307 e. The molecule has 1 aliphatic carbocycles. The Kier molecular flexibility index (Phi) is 5.59. The summed E-state index contributed by atoms with van der Waals surface area (Å²) in [6.45, 7) is 3.82. The van der Waals surface area contributed by atoms with Crippen molar-refractivity contribution in [1.29, 1.82) is 0 Å². The molecule has 0 heterocycles. The molecule has 104 valence electrons. The van der Waals surface area contributed by atoms with Crippen LogP contribution in [0.15, 0.2) is 0 Å². The van der Waals surface area contributed by atoms with Crippen molar-refractivity contribution in [3.8, 4) is 0 Å². The van der Waals surface area contributed by atoms with Gasteiger partial charge < -0.3 is 15.1 Å². The van der Waals surface area contributed by atoms with Gasteiger partial charge in [-0.05, 0) is 25.7 Å². The Labute approximate surface area is 108 Å². The van der Waals surface area contributed by atoms with Crippen molar-refractivity contribution in [1.82, 2.24) is 4.90 Å². The van der Waals surface area contributed by atoms with Gasteiger partial charge in [-0.1, -0.05) is 13.8 Å². The average molecular weight is 257 g/mol. The summed E-state index contributed by atoms with van der Waals surface area (Å²) in [5.74, 6) is -2.22. The van der Waals surface area contributed by atoms with Crippen molar-refractivity contribution in [2.24, 2.45) is 11.8 Å². The lowest BCUT2D eigenvalue weighted by Gasteiger charge is -2.39. The van der Waals surface area contributed by atoms with Crippen LogP contribution in [0.3, 0.4) is 0 Å². The number of carbonyl (C=O) groups is 2. The zero-order valence-corrected chi connectivity index (χ0v) is 11.1. The minimum Gasteiger partial charge on any atom is -0.481 e. The highest BCUT2D eigenvalue weighted by Gasteiger charge is 2.34. The van der Waals surface area contributed by atoms with Gasteiger partial charge in [-0.25, -0.2) is 0 Å². The average Bonchev–Trinajstić information content (AvgIpc) is 2.28. The van der Waals surface area contributed by atoms with Gasteiger partial charge in [0.1, 0.15) is 0 Å². The van der Waals surface area contributed by atoms with E-state index >= 15 is 0 Å². The summed E-state index contributed by atoms with van der Waals surface area (Å²) in [6, 6.07) is 0.243. The van der Waals surface area contributed by atoms with Crippen LogP contribution in [0.4, 0.5) is 0 Å². The Morgan fingerprint density at radius 2 is 1.89 bits per heavy atom. The third-order valence-corrected chi connectivity index (χ3v) is 3.88. The van der Waals surface area contributed by atoms with Gasteiger partial charge in [-0.2, -0.15) is 0 Å². The number of aliphatic hydroxyl groups excluding tert-OH is 1. The maximum absolute atomic E-state index is 12.3. The van der Waals surface area contributed by atoms with E-state index in [0.717, 1.165) is 19.3 Å². The van der Waals surface area contributed by atoms with Gasteiger partial charge in [0.25, 0.3) is 0 Å². The molecule has 1 amide bonds.